The van der Waals surface area contributed by atoms with E-state index in [4.69, 9.17) is 0 Å². The fourth-order valence-corrected chi connectivity index (χ4v) is 3.23. The first-order valence-corrected chi connectivity index (χ1v) is 8.74. The van der Waals surface area contributed by atoms with E-state index in [1.165, 1.54) is 13.0 Å². The molecule has 0 saturated carbocycles. The first-order chi connectivity index (χ1) is 12.8. The number of carbonyl (C=O) groups excluding carboxylic acids is 2. The molecule has 1 heterocycles. The van der Waals surface area contributed by atoms with Gasteiger partial charge < -0.3 is 15.5 Å². The Bertz CT molecular complexity index is 886. The molecule has 2 aromatic carbocycles. The number of halogens is 2. The van der Waals surface area contributed by atoms with E-state index in [0.717, 1.165) is 28.9 Å². The third-order valence-electron chi connectivity index (χ3n) is 4.65. The normalized spacial score (nSPS) is 14.3. The van der Waals surface area contributed by atoms with Gasteiger partial charge in [-0.15, -0.1) is 0 Å². The van der Waals surface area contributed by atoms with Crippen LogP contribution in [-0.4, -0.2) is 23.4 Å². The highest BCUT2D eigenvalue weighted by molar-refractivity contribution is 5.90. The maximum atomic E-state index is 13.4. The quantitative estimate of drug-likeness (QED) is 0.861. The molecule has 3 rings (SSSR count). The summed E-state index contributed by atoms with van der Waals surface area (Å²) < 4.78 is 26.5. The smallest absolute Gasteiger partial charge is 0.318 e. The van der Waals surface area contributed by atoms with E-state index in [9.17, 15) is 18.4 Å². The predicted molar refractivity (Wildman–Crippen MR) is 98.2 cm³/mol. The van der Waals surface area contributed by atoms with Crippen LogP contribution in [0.4, 0.5) is 19.3 Å². The molecule has 142 valence electrons. The zero-order valence-corrected chi connectivity index (χ0v) is 15.2. The third kappa shape index (κ3) is 4.24. The van der Waals surface area contributed by atoms with Gasteiger partial charge in [0, 0.05) is 25.7 Å². The Morgan fingerprint density at radius 1 is 1.15 bits per heavy atom. The molecule has 0 bridgehead atoms. The standard InChI is InChI=1S/C20H21F2N3O2/c1-12(14-6-7-17(21)18(22)10-14)23-20(27)25-9-8-16-15(11-25)4-3-5-19(16)24-13(2)26/h3-7,10,12H,8-9,11H2,1-2H3,(H,23,27)(H,24,26). The van der Waals surface area contributed by atoms with Crippen molar-refractivity contribution in [3.05, 3.63) is 64.7 Å². The second kappa shape index (κ2) is 7.73. The number of benzene rings is 2. The second-order valence-corrected chi connectivity index (χ2v) is 6.64. The van der Waals surface area contributed by atoms with Gasteiger partial charge >= 0.3 is 6.03 Å². The van der Waals surface area contributed by atoms with Crippen LogP contribution in [0.15, 0.2) is 36.4 Å². The van der Waals surface area contributed by atoms with Gasteiger partial charge in [-0.25, -0.2) is 13.6 Å². The number of carbonyl (C=O) groups is 2. The molecule has 0 radical (unpaired) electrons. The number of fused-ring (bicyclic) bond motifs is 1. The van der Waals surface area contributed by atoms with E-state index in [0.29, 0.717) is 25.1 Å². The maximum Gasteiger partial charge on any atom is 0.318 e. The number of nitrogens with zero attached hydrogens (tertiary/aromatic N) is 1. The Hall–Kier alpha value is -2.96. The van der Waals surface area contributed by atoms with Crippen molar-refractivity contribution in [1.82, 2.24) is 10.2 Å². The van der Waals surface area contributed by atoms with E-state index in [-0.39, 0.29) is 11.9 Å². The number of hydrogen-bond acceptors (Lipinski definition) is 2. The molecule has 27 heavy (non-hydrogen) atoms. The van der Waals surface area contributed by atoms with E-state index >= 15 is 0 Å². The molecule has 7 heteroatoms. The first kappa shape index (κ1) is 18.8. The zero-order valence-electron chi connectivity index (χ0n) is 15.2. The molecule has 2 N–H and O–H groups in total. The van der Waals surface area contributed by atoms with Gasteiger partial charge in [0.2, 0.25) is 5.91 Å². The molecule has 5 nitrogen and oxygen atoms in total. The minimum absolute atomic E-state index is 0.135. The van der Waals surface area contributed by atoms with Crippen molar-refractivity contribution in [1.29, 1.82) is 0 Å². The van der Waals surface area contributed by atoms with Crippen molar-refractivity contribution in [3.8, 4) is 0 Å². The minimum Gasteiger partial charge on any atom is -0.331 e. The number of hydrogen-bond donors (Lipinski definition) is 2. The largest absolute Gasteiger partial charge is 0.331 e. The molecule has 1 aliphatic rings. The highest BCUT2D eigenvalue weighted by atomic mass is 19.2. The number of anilines is 1. The number of rotatable bonds is 3. The summed E-state index contributed by atoms with van der Waals surface area (Å²) in [5.41, 5.74) is 3.27. The molecule has 2 aromatic rings. The summed E-state index contributed by atoms with van der Waals surface area (Å²) in [5.74, 6) is -1.99. The summed E-state index contributed by atoms with van der Waals surface area (Å²) >= 11 is 0. The number of amides is 3. The molecule has 1 aliphatic heterocycles. The van der Waals surface area contributed by atoms with Crippen LogP contribution in [0, 0.1) is 11.6 Å². The second-order valence-electron chi connectivity index (χ2n) is 6.64. The van der Waals surface area contributed by atoms with Crippen molar-refractivity contribution < 1.29 is 18.4 Å². The molecule has 0 spiro atoms. The highest BCUT2D eigenvalue weighted by Crippen LogP contribution is 2.26. The van der Waals surface area contributed by atoms with Gasteiger partial charge in [0.05, 0.1) is 6.04 Å². The Kier molecular flexibility index (Phi) is 5.39. The average molecular weight is 373 g/mol. The average Bonchev–Trinajstić information content (AvgIpc) is 2.63. The fraction of sp³-hybridized carbons (Fsp3) is 0.300. The molecule has 0 aliphatic carbocycles. The SMILES string of the molecule is CC(=O)Nc1cccc2c1CCN(C(=O)NC(C)c1ccc(F)c(F)c1)C2. The lowest BCUT2D eigenvalue weighted by molar-refractivity contribution is -0.114. The topological polar surface area (TPSA) is 61.4 Å². The van der Waals surface area contributed by atoms with Crippen LogP contribution in [0.5, 0.6) is 0 Å². The van der Waals surface area contributed by atoms with E-state index in [1.54, 1.807) is 11.8 Å². The van der Waals surface area contributed by atoms with Gasteiger partial charge in [0.15, 0.2) is 11.6 Å². The van der Waals surface area contributed by atoms with E-state index in [1.807, 2.05) is 18.2 Å². The Labute approximate surface area is 156 Å². The molecular formula is C20H21F2N3O2. The summed E-state index contributed by atoms with van der Waals surface area (Å²) in [6, 6.07) is 8.48. The van der Waals surface area contributed by atoms with Crippen molar-refractivity contribution >= 4 is 17.6 Å². The van der Waals surface area contributed by atoms with Crippen LogP contribution in [0.3, 0.4) is 0 Å². The Morgan fingerprint density at radius 3 is 2.63 bits per heavy atom. The van der Waals surface area contributed by atoms with Crippen molar-refractivity contribution in [3.63, 3.8) is 0 Å². The van der Waals surface area contributed by atoms with E-state index < -0.39 is 17.7 Å². The monoisotopic (exact) mass is 373 g/mol. The van der Waals surface area contributed by atoms with Crippen LogP contribution >= 0.6 is 0 Å². The lowest BCUT2D eigenvalue weighted by atomic mass is 9.98. The number of nitrogens with one attached hydrogen (secondary N) is 2. The van der Waals surface area contributed by atoms with Crippen LogP contribution in [0.1, 0.15) is 36.6 Å². The number of urea groups is 1. The Balaban J connectivity index is 1.68. The third-order valence-corrected chi connectivity index (χ3v) is 4.65. The summed E-state index contributed by atoms with van der Waals surface area (Å²) in [4.78, 5) is 25.6. The van der Waals surface area contributed by atoms with Crippen LogP contribution < -0.4 is 10.6 Å². The first-order valence-electron chi connectivity index (χ1n) is 8.74. The van der Waals surface area contributed by atoms with Crippen molar-refractivity contribution in [2.24, 2.45) is 0 Å². The van der Waals surface area contributed by atoms with Crippen LogP contribution in [-0.2, 0) is 17.8 Å². The lowest BCUT2D eigenvalue weighted by Gasteiger charge is -2.31. The predicted octanol–water partition coefficient (Wildman–Crippen LogP) is 3.75. The fourth-order valence-electron chi connectivity index (χ4n) is 3.23. The Morgan fingerprint density at radius 2 is 1.93 bits per heavy atom. The minimum atomic E-state index is -0.939. The van der Waals surface area contributed by atoms with E-state index in [2.05, 4.69) is 10.6 Å². The van der Waals surface area contributed by atoms with Gasteiger partial charge in [-0.1, -0.05) is 18.2 Å². The van der Waals surface area contributed by atoms with Crippen molar-refractivity contribution in [2.75, 3.05) is 11.9 Å². The summed E-state index contributed by atoms with van der Waals surface area (Å²) in [6.45, 7) is 4.10. The molecular weight excluding hydrogens is 352 g/mol. The summed E-state index contributed by atoms with van der Waals surface area (Å²) in [6.07, 6.45) is 0.624. The maximum absolute atomic E-state index is 13.4. The highest BCUT2D eigenvalue weighted by Gasteiger charge is 2.24. The van der Waals surface area contributed by atoms with Crippen molar-refractivity contribution in [2.45, 2.75) is 32.9 Å². The molecule has 3 amide bonds. The van der Waals surface area contributed by atoms with Crippen LogP contribution in [0.2, 0.25) is 0 Å². The molecule has 0 aromatic heterocycles. The molecule has 1 unspecified atom stereocenters. The molecule has 1 atom stereocenters. The molecule has 0 fully saturated rings. The van der Waals surface area contributed by atoms with Gasteiger partial charge in [0.25, 0.3) is 0 Å². The van der Waals surface area contributed by atoms with Gasteiger partial charge in [0.1, 0.15) is 0 Å². The lowest BCUT2D eigenvalue weighted by Crippen LogP contribution is -2.43. The summed E-state index contributed by atoms with van der Waals surface area (Å²) in [7, 11) is 0. The van der Waals surface area contributed by atoms with Gasteiger partial charge in [-0.3, -0.25) is 4.79 Å². The molecule has 0 saturated heterocycles. The summed E-state index contributed by atoms with van der Waals surface area (Å²) in [5, 5.41) is 5.63. The van der Waals surface area contributed by atoms with Gasteiger partial charge in [-0.05, 0) is 48.2 Å². The van der Waals surface area contributed by atoms with Gasteiger partial charge in [-0.2, -0.15) is 0 Å². The van der Waals surface area contributed by atoms with Crippen LogP contribution in [0.25, 0.3) is 0 Å². The zero-order chi connectivity index (χ0) is 19.6.